The number of benzene rings is 1. The average Bonchev–Trinajstić information content (AvgIpc) is 2.16. The molecule has 0 heterocycles. The van der Waals surface area contributed by atoms with E-state index in [1.54, 1.807) is 32.0 Å². The molecule has 3 N–H and O–H groups in total. The molecular formula is C10H14BNO4. The highest BCUT2D eigenvalue weighted by Crippen LogP contribution is 2.05. The van der Waals surface area contributed by atoms with Crippen molar-refractivity contribution < 1.29 is 19.6 Å². The third kappa shape index (κ3) is 3.56. The lowest BCUT2D eigenvalue weighted by Crippen LogP contribution is -2.33. The minimum Gasteiger partial charge on any atom is -0.447 e. The first-order valence-corrected chi connectivity index (χ1v) is 4.93. The largest absolute Gasteiger partial charge is 0.490 e. The Balaban J connectivity index is 2.77. The van der Waals surface area contributed by atoms with Crippen LogP contribution in [0.4, 0.5) is 10.5 Å². The number of rotatable bonds is 3. The maximum absolute atomic E-state index is 11.3. The van der Waals surface area contributed by atoms with E-state index in [1.807, 2.05) is 0 Å². The van der Waals surface area contributed by atoms with E-state index in [0.29, 0.717) is 5.69 Å². The fraction of sp³-hybridized carbons (Fsp3) is 0.300. The number of amides is 1. The molecule has 0 spiro atoms. The van der Waals surface area contributed by atoms with Gasteiger partial charge < -0.3 is 14.8 Å². The first-order chi connectivity index (χ1) is 7.50. The normalized spacial score (nSPS) is 10.1. The summed E-state index contributed by atoms with van der Waals surface area (Å²) in [4.78, 5) is 11.3. The van der Waals surface area contributed by atoms with Gasteiger partial charge in [-0.1, -0.05) is 18.2 Å². The van der Waals surface area contributed by atoms with Crippen molar-refractivity contribution in [3.63, 3.8) is 0 Å². The minimum absolute atomic E-state index is 0.225. The lowest BCUT2D eigenvalue weighted by Gasteiger charge is -2.12. The zero-order valence-electron chi connectivity index (χ0n) is 9.18. The van der Waals surface area contributed by atoms with E-state index in [9.17, 15) is 4.79 Å². The summed E-state index contributed by atoms with van der Waals surface area (Å²) in [6.45, 7) is 3.46. The third-order valence-electron chi connectivity index (χ3n) is 1.82. The number of nitrogens with one attached hydrogen (secondary N) is 1. The fourth-order valence-electron chi connectivity index (χ4n) is 1.19. The van der Waals surface area contributed by atoms with Crippen LogP contribution in [-0.4, -0.2) is 29.4 Å². The Hall–Kier alpha value is -1.53. The Morgan fingerprint density at radius 1 is 1.38 bits per heavy atom. The van der Waals surface area contributed by atoms with Crippen LogP contribution in [-0.2, 0) is 4.74 Å². The number of carbonyl (C=O) groups is 1. The summed E-state index contributed by atoms with van der Waals surface area (Å²) in [5, 5.41) is 20.6. The Morgan fingerprint density at radius 3 is 2.56 bits per heavy atom. The number of para-hydroxylation sites is 1. The second-order valence-electron chi connectivity index (χ2n) is 3.54. The summed E-state index contributed by atoms with van der Waals surface area (Å²) in [5.74, 6) is 0. The van der Waals surface area contributed by atoms with Crippen molar-refractivity contribution in [1.82, 2.24) is 0 Å². The standard InChI is InChI=1S/C10H14BNO4/c1-7(2)16-10(13)12-9-6-4-3-5-8(9)11(14)15/h3-7,14-15H,1-2H3,(H,12,13). The highest BCUT2D eigenvalue weighted by Gasteiger charge is 2.17. The molecule has 86 valence electrons. The minimum atomic E-state index is -1.63. The second kappa shape index (κ2) is 5.53. The monoisotopic (exact) mass is 223 g/mol. The number of hydrogen-bond acceptors (Lipinski definition) is 4. The van der Waals surface area contributed by atoms with Crippen LogP contribution in [0.2, 0.25) is 0 Å². The summed E-state index contributed by atoms with van der Waals surface area (Å²) >= 11 is 0. The van der Waals surface area contributed by atoms with Gasteiger partial charge in [-0.3, -0.25) is 5.32 Å². The van der Waals surface area contributed by atoms with Gasteiger partial charge in [-0.05, 0) is 19.9 Å². The van der Waals surface area contributed by atoms with Crippen molar-refractivity contribution in [2.24, 2.45) is 0 Å². The molecule has 1 aromatic rings. The lowest BCUT2D eigenvalue weighted by molar-refractivity contribution is 0.130. The summed E-state index contributed by atoms with van der Waals surface area (Å²) in [6, 6.07) is 6.40. The van der Waals surface area contributed by atoms with Gasteiger partial charge >= 0.3 is 13.2 Å². The Labute approximate surface area is 94.2 Å². The predicted octanol–water partition coefficient (Wildman–Crippen LogP) is 0.323. The van der Waals surface area contributed by atoms with Crippen molar-refractivity contribution in [2.45, 2.75) is 20.0 Å². The molecule has 0 aromatic heterocycles. The summed E-state index contributed by atoms with van der Waals surface area (Å²) in [7, 11) is -1.63. The average molecular weight is 223 g/mol. The van der Waals surface area contributed by atoms with Gasteiger partial charge in [0.1, 0.15) is 0 Å². The van der Waals surface area contributed by atoms with Crippen molar-refractivity contribution in [2.75, 3.05) is 5.32 Å². The van der Waals surface area contributed by atoms with Crippen molar-refractivity contribution in [1.29, 1.82) is 0 Å². The molecule has 1 rings (SSSR count). The molecule has 0 aliphatic rings. The number of ether oxygens (including phenoxy) is 1. The van der Waals surface area contributed by atoms with Crippen LogP contribution in [0.1, 0.15) is 13.8 Å². The van der Waals surface area contributed by atoms with Gasteiger partial charge in [0.05, 0.1) is 6.10 Å². The van der Waals surface area contributed by atoms with Gasteiger partial charge in [-0.25, -0.2) is 4.79 Å². The van der Waals surface area contributed by atoms with Crippen LogP contribution in [0.5, 0.6) is 0 Å². The molecule has 0 radical (unpaired) electrons. The highest BCUT2D eigenvalue weighted by molar-refractivity contribution is 6.60. The Bertz CT molecular complexity index is 368. The van der Waals surface area contributed by atoms with E-state index in [2.05, 4.69) is 5.32 Å². The van der Waals surface area contributed by atoms with E-state index < -0.39 is 13.2 Å². The van der Waals surface area contributed by atoms with Crippen LogP contribution >= 0.6 is 0 Å². The fourth-order valence-corrected chi connectivity index (χ4v) is 1.19. The molecule has 1 aromatic carbocycles. The first-order valence-electron chi connectivity index (χ1n) is 4.93. The van der Waals surface area contributed by atoms with E-state index in [1.165, 1.54) is 6.07 Å². The summed E-state index contributed by atoms with van der Waals surface area (Å²) < 4.78 is 4.88. The maximum Gasteiger partial charge on any atom is 0.490 e. The van der Waals surface area contributed by atoms with Gasteiger partial charge in [-0.2, -0.15) is 0 Å². The van der Waals surface area contributed by atoms with Crippen LogP contribution in [0, 0.1) is 0 Å². The van der Waals surface area contributed by atoms with E-state index in [0.717, 1.165) is 0 Å². The Kier molecular flexibility index (Phi) is 4.33. The highest BCUT2D eigenvalue weighted by atomic mass is 16.6. The zero-order valence-corrected chi connectivity index (χ0v) is 9.18. The summed E-state index contributed by atoms with van der Waals surface area (Å²) in [5.41, 5.74) is 0.548. The van der Waals surface area contributed by atoms with Crippen LogP contribution in [0.3, 0.4) is 0 Å². The Morgan fingerprint density at radius 2 is 2.00 bits per heavy atom. The molecule has 5 nitrogen and oxygen atoms in total. The molecule has 0 fully saturated rings. The molecular weight excluding hydrogens is 209 g/mol. The van der Waals surface area contributed by atoms with Crippen molar-refractivity contribution >= 4 is 24.4 Å². The molecule has 0 bridgehead atoms. The van der Waals surface area contributed by atoms with Gasteiger partial charge in [0.25, 0.3) is 0 Å². The van der Waals surface area contributed by atoms with E-state index >= 15 is 0 Å². The molecule has 0 saturated heterocycles. The zero-order chi connectivity index (χ0) is 12.1. The van der Waals surface area contributed by atoms with Gasteiger partial charge in [0.2, 0.25) is 0 Å². The third-order valence-corrected chi connectivity index (χ3v) is 1.82. The molecule has 0 saturated carbocycles. The van der Waals surface area contributed by atoms with E-state index in [-0.39, 0.29) is 11.6 Å². The second-order valence-corrected chi connectivity index (χ2v) is 3.54. The topological polar surface area (TPSA) is 78.8 Å². The first kappa shape index (κ1) is 12.5. The van der Waals surface area contributed by atoms with Gasteiger partial charge in [0, 0.05) is 11.2 Å². The molecule has 16 heavy (non-hydrogen) atoms. The van der Waals surface area contributed by atoms with Crippen molar-refractivity contribution in [3.8, 4) is 0 Å². The van der Waals surface area contributed by atoms with Gasteiger partial charge in [-0.15, -0.1) is 0 Å². The lowest BCUT2D eigenvalue weighted by atomic mass is 9.79. The van der Waals surface area contributed by atoms with Gasteiger partial charge in [0.15, 0.2) is 0 Å². The van der Waals surface area contributed by atoms with Crippen LogP contribution in [0.15, 0.2) is 24.3 Å². The van der Waals surface area contributed by atoms with Crippen LogP contribution in [0.25, 0.3) is 0 Å². The van der Waals surface area contributed by atoms with Crippen molar-refractivity contribution in [3.05, 3.63) is 24.3 Å². The summed E-state index contributed by atoms with van der Waals surface area (Å²) in [6.07, 6.45) is -0.852. The quantitative estimate of drug-likeness (QED) is 0.645. The number of anilines is 1. The smallest absolute Gasteiger partial charge is 0.447 e. The number of carbonyl (C=O) groups excluding carboxylic acids is 1. The molecule has 0 aliphatic heterocycles. The maximum atomic E-state index is 11.3. The predicted molar refractivity (Wildman–Crippen MR) is 61.5 cm³/mol. The number of hydrogen-bond donors (Lipinski definition) is 3. The molecule has 0 unspecified atom stereocenters. The van der Waals surface area contributed by atoms with E-state index in [4.69, 9.17) is 14.8 Å². The van der Waals surface area contributed by atoms with Crippen LogP contribution < -0.4 is 10.8 Å². The molecule has 0 aliphatic carbocycles. The SMILES string of the molecule is CC(C)OC(=O)Nc1ccccc1B(O)O. The molecule has 0 atom stereocenters. The molecule has 1 amide bonds. The molecule has 6 heteroatoms.